The summed E-state index contributed by atoms with van der Waals surface area (Å²) in [7, 11) is 0. The molecule has 0 bridgehead atoms. The molecule has 0 radical (unpaired) electrons. The summed E-state index contributed by atoms with van der Waals surface area (Å²) in [6.45, 7) is 8.23. The van der Waals surface area contributed by atoms with Gasteiger partial charge < -0.3 is 10.7 Å². The first-order valence-corrected chi connectivity index (χ1v) is 6.71. The molecule has 102 valence electrons. The summed E-state index contributed by atoms with van der Waals surface area (Å²) in [5.74, 6) is 0.329. The lowest BCUT2D eigenvalue weighted by molar-refractivity contribution is 0.453. The van der Waals surface area contributed by atoms with Crippen LogP contribution in [0.1, 0.15) is 38.4 Å². The predicted octanol–water partition coefficient (Wildman–Crippen LogP) is 2.77. The van der Waals surface area contributed by atoms with Crippen molar-refractivity contribution in [1.29, 1.82) is 0 Å². The van der Waals surface area contributed by atoms with E-state index in [1.165, 1.54) is 11.1 Å². The van der Waals surface area contributed by atoms with E-state index < -0.39 is 5.54 Å². The second-order valence-corrected chi connectivity index (χ2v) is 5.56. The third kappa shape index (κ3) is 2.30. The van der Waals surface area contributed by atoms with Crippen LogP contribution in [0.4, 0.5) is 0 Å². The van der Waals surface area contributed by atoms with Crippen molar-refractivity contribution < 1.29 is 0 Å². The number of aryl methyl sites for hydroxylation is 1. The number of aromatic amines is 1. The molecule has 1 heterocycles. The minimum Gasteiger partial charge on any atom is -0.326 e. The van der Waals surface area contributed by atoms with E-state index in [4.69, 9.17) is 5.73 Å². The van der Waals surface area contributed by atoms with Gasteiger partial charge in [-0.1, -0.05) is 24.6 Å². The number of allylic oxidation sites excluding steroid dienone is 2. The Morgan fingerprint density at radius 2 is 2.11 bits per heavy atom. The summed E-state index contributed by atoms with van der Waals surface area (Å²) in [5, 5.41) is 0. The van der Waals surface area contributed by atoms with Gasteiger partial charge in [-0.2, -0.15) is 0 Å². The van der Waals surface area contributed by atoms with E-state index in [-0.39, 0.29) is 5.56 Å². The standard InChI is InChI=1S/C16H22N2O/c1-5-13-11(3)8-10(2)9-16(13,17)14-6-7-15(19)18-12(14)4/h5-8,11H,9,17H2,1-4H3,(H,18,19)/b13-5+/t11-,16-/m1/s1. The number of hydrogen-bond acceptors (Lipinski definition) is 2. The highest BCUT2D eigenvalue weighted by Crippen LogP contribution is 2.42. The molecule has 1 aliphatic carbocycles. The highest BCUT2D eigenvalue weighted by molar-refractivity contribution is 5.43. The topological polar surface area (TPSA) is 58.9 Å². The molecule has 3 N–H and O–H groups in total. The van der Waals surface area contributed by atoms with Crippen molar-refractivity contribution in [3.63, 3.8) is 0 Å². The molecule has 0 unspecified atom stereocenters. The number of hydrogen-bond donors (Lipinski definition) is 2. The molecule has 0 saturated heterocycles. The Morgan fingerprint density at radius 1 is 1.42 bits per heavy atom. The van der Waals surface area contributed by atoms with Crippen LogP contribution in [-0.2, 0) is 5.54 Å². The number of rotatable bonds is 1. The summed E-state index contributed by atoms with van der Waals surface area (Å²) >= 11 is 0. The summed E-state index contributed by atoms with van der Waals surface area (Å²) < 4.78 is 0. The van der Waals surface area contributed by atoms with Gasteiger partial charge in [-0.15, -0.1) is 0 Å². The van der Waals surface area contributed by atoms with Crippen LogP contribution in [0.3, 0.4) is 0 Å². The van der Waals surface area contributed by atoms with Crippen molar-refractivity contribution >= 4 is 0 Å². The van der Waals surface area contributed by atoms with Gasteiger partial charge in [0, 0.05) is 11.8 Å². The van der Waals surface area contributed by atoms with Crippen LogP contribution in [0, 0.1) is 12.8 Å². The fourth-order valence-corrected chi connectivity index (χ4v) is 3.36. The SMILES string of the molecule is C/C=C1\[C@H](C)C=C(C)C[C@]1(N)c1ccc(=O)[nH]c1C. The Kier molecular flexibility index (Phi) is 3.50. The van der Waals surface area contributed by atoms with Gasteiger partial charge in [0.15, 0.2) is 0 Å². The van der Waals surface area contributed by atoms with E-state index in [0.29, 0.717) is 5.92 Å². The van der Waals surface area contributed by atoms with Crippen LogP contribution in [-0.4, -0.2) is 4.98 Å². The maximum Gasteiger partial charge on any atom is 0.248 e. The van der Waals surface area contributed by atoms with E-state index in [1.54, 1.807) is 6.07 Å². The number of aromatic nitrogens is 1. The monoisotopic (exact) mass is 258 g/mol. The quantitative estimate of drug-likeness (QED) is 0.761. The molecule has 0 aliphatic heterocycles. The molecule has 1 aliphatic rings. The van der Waals surface area contributed by atoms with Gasteiger partial charge in [0.05, 0.1) is 5.54 Å². The second-order valence-electron chi connectivity index (χ2n) is 5.56. The van der Waals surface area contributed by atoms with Gasteiger partial charge in [0.25, 0.3) is 0 Å². The summed E-state index contributed by atoms with van der Waals surface area (Å²) in [4.78, 5) is 14.2. The van der Waals surface area contributed by atoms with Crippen molar-refractivity contribution in [2.75, 3.05) is 0 Å². The number of nitrogens with one attached hydrogen (secondary N) is 1. The maximum absolute atomic E-state index is 11.4. The Balaban J connectivity index is 2.63. The molecule has 0 saturated carbocycles. The molecule has 2 atom stereocenters. The molecule has 0 amide bonds. The van der Waals surface area contributed by atoms with Crippen LogP contribution in [0.5, 0.6) is 0 Å². The van der Waals surface area contributed by atoms with Crippen LogP contribution >= 0.6 is 0 Å². The number of nitrogens with two attached hydrogens (primary N) is 1. The van der Waals surface area contributed by atoms with Gasteiger partial charge in [0.2, 0.25) is 5.56 Å². The van der Waals surface area contributed by atoms with Crippen molar-refractivity contribution in [3.05, 3.63) is 57.0 Å². The largest absolute Gasteiger partial charge is 0.326 e. The van der Waals surface area contributed by atoms with Crippen LogP contribution in [0.2, 0.25) is 0 Å². The molecule has 19 heavy (non-hydrogen) atoms. The lowest BCUT2D eigenvalue weighted by Crippen LogP contribution is -2.44. The highest BCUT2D eigenvalue weighted by atomic mass is 16.1. The van der Waals surface area contributed by atoms with Crippen molar-refractivity contribution in [1.82, 2.24) is 4.98 Å². The van der Waals surface area contributed by atoms with Gasteiger partial charge in [-0.25, -0.2) is 0 Å². The Bertz CT molecular complexity index is 609. The van der Waals surface area contributed by atoms with E-state index >= 15 is 0 Å². The maximum atomic E-state index is 11.4. The predicted molar refractivity (Wildman–Crippen MR) is 79.0 cm³/mol. The minimum absolute atomic E-state index is 0.0806. The summed E-state index contributed by atoms with van der Waals surface area (Å²) in [5.41, 5.74) is 10.5. The molecule has 0 fully saturated rings. The molecule has 1 aromatic rings. The molecule has 0 aromatic carbocycles. The fourth-order valence-electron chi connectivity index (χ4n) is 3.36. The second kappa shape index (κ2) is 4.82. The van der Waals surface area contributed by atoms with Crippen molar-refractivity contribution in [2.24, 2.45) is 11.7 Å². The Hall–Kier alpha value is -1.61. The summed E-state index contributed by atoms with van der Waals surface area (Å²) in [6.07, 6.45) is 5.17. The molecule has 2 rings (SSSR count). The van der Waals surface area contributed by atoms with E-state index in [1.807, 2.05) is 19.9 Å². The van der Waals surface area contributed by atoms with Crippen LogP contribution in [0.15, 0.2) is 40.2 Å². The van der Waals surface area contributed by atoms with Gasteiger partial charge in [0.1, 0.15) is 0 Å². The average Bonchev–Trinajstić information content (AvgIpc) is 2.27. The third-order valence-corrected chi connectivity index (χ3v) is 4.01. The van der Waals surface area contributed by atoms with Crippen molar-refractivity contribution in [3.8, 4) is 0 Å². The third-order valence-electron chi connectivity index (χ3n) is 4.01. The van der Waals surface area contributed by atoms with E-state index in [9.17, 15) is 4.79 Å². The zero-order chi connectivity index (χ0) is 14.2. The highest BCUT2D eigenvalue weighted by Gasteiger charge is 2.37. The van der Waals surface area contributed by atoms with Gasteiger partial charge in [-0.3, -0.25) is 4.79 Å². The first kappa shape index (κ1) is 13.8. The minimum atomic E-state index is -0.513. The Labute approximate surface area is 114 Å². The normalized spacial score (nSPS) is 29.4. The number of H-pyrrole nitrogens is 1. The lowest BCUT2D eigenvalue weighted by atomic mass is 9.69. The smallest absolute Gasteiger partial charge is 0.248 e. The first-order valence-electron chi connectivity index (χ1n) is 6.71. The average molecular weight is 258 g/mol. The molecule has 3 heteroatoms. The zero-order valence-corrected chi connectivity index (χ0v) is 12.1. The van der Waals surface area contributed by atoms with Crippen LogP contribution in [0.25, 0.3) is 0 Å². The van der Waals surface area contributed by atoms with E-state index in [0.717, 1.165) is 17.7 Å². The first-order chi connectivity index (χ1) is 8.88. The van der Waals surface area contributed by atoms with Gasteiger partial charge in [-0.05, 0) is 50.3 Å². The molecular formula is C16H22N2O. The summed E-state index contributed by atoms with van der Waals surface area (Å²) in [6, 6.07) is 3.42. The molecule has 1 aromatic heterocycles. The van der Waals surface area contributed by atoms with E-state index in [2.05, 4.69) is 31.0 Å². The van der Waals surface area contributed by atoms with Crippen molar-refractivity contribution in [2.45, 2.75) is 39.7 Å². The van der Waals surface area contributed by atoms with Gasteiger partial charge >= 0.3 is 0 Å². The molecule has 3 nitrogen and oxygen atoms in total. The zero-order valence-electron chi connectivity index (χ0n) is 12.1. The fraction of sp³-hybridized carbons (Fsp3) is 0.438. The lowest BCUT2D eigenvalue weighted by Gasteiger charge is -2.40. The molecular weight excluding hydrogens is 236 g/mol. The van der Waals surface area contributed by atoms with Crippen LogP contribution < -0.4 is 11.3 Å². The Morgan fingerprint density at radius 3 is 2.68 bits per heavy atom. The number of pyridine rings is 1. The molecule has 0 spiro atoms.